The molecule has 0 bridgehead atoms. The standard InChI is InChI=1S/C17H17Cl2NO4S/c1-3-25(23,24)13-8-9-15(14(19)10-13)20-17(2,16(21)22)11-4-6-12(18)7-5-11/h4-10,20H,3H2,1-2H3,(H,21,22). The second-order valence-corrected chi connectivity index (χ2v) is 8.73. The molecular weight excluding hydrogens is 385 g/mol. The lowest BCUT2D eigenvalue weighted by atomic mass is 9.91. The van der Waals surface area contributed by atoms with Crippen molar-refractivity contribution in [2.45, 2.75) is 24.3 Å². The van der Waals surface area contributed by atoms with Gasteiger partial charge in [-0.25, -0.2) is 13.2 Å². The van der Waals surface area contributed by atoms with Crippen LogP contribution in [0.1, 0.15) is 19.4 Å². The minimum Gasteiger partial charge on any atom is -0.479 e. The second-order valence-electron chi connectivity index (χ2n) is 5.61. The zero-order valence-electron chi connectivity index (χ0n) is 13.6. The van der Waals surface area contributed by atoms with Gasteiger partial charge in [-0.3, -0.25) is 0 Å². The number of carboxylic acids is 1. The first-order valence-electron chi connectivity index (χ1n) is 7.40. The normalized spacial score (nSPS) is 13.9. The van der Waals surface area contributed by atoms with Gasteiger partial charge < -0.3 is 10.4 Å². The lowest BCUT2D eigenvalue weighted by Crippen LogP contribution is -2.40. The topological polar surface area (TPSA) is 83.5 Å². The number of anilines is 1. The zero-order chi connectivity index (χ0) is 18.8. The highest BCUT2D eigenvalue weighted by atomic mass is 35.5. The second kappa shape index (κ2) is 7.23. The molecule has 2 N–H and O–H groups in total. The van der Waals surface area contributed by atoms with E-state index < -0.39 is 21.3 Å². The lowest BCUT2D eigenvalue weighted by molar-refractivity contribution is -0.142. The molecule has 2 aromatic rings. The van der Waals surface area contributed by atoms with Crippen molar-refractivity contribution >= 4 is 44.7 Å². The molecule has 0 saturated heterocycles. The molecule has 8 heteroatoms. The zero-order valence-corrected chi connectivity index (χ0v) is 15.9. The van der Waals surface area contributed by atoms with Crippen LogP contribution in [0.4, 0.5) is 5.69 Å². The molecule has 2 aromatic carbocycles. The van der Waals surface area contributed by atoms with E-state index in [2.05, 4.69) is 5.32 Å². The third-order valence-corrected chi connectivity index (χ3v) is 6.21. The predicted octanol–water partition coefficient (Wildman–Crippen LogP) is 4.20. The minimum atomic E-state index is -3.40. The van der Waals surface area contributed by atoms with Gasteiger partial charge in [-0.05, 0) is 42.8 Å². The highest BCUT2D eigenvalue weighted by molar-refractivity contribution is 7.91. The summed E-state index contributed by atoms with van der Waals surface area (Å²) in [7, 11) is -3.40. The summed E-state index contributed by atoms with van der Waals surface area (Å²) in [6, 6.07) is 10.6. The van der Waals surface area contributed by atoms with E-state index in [9.17, 15) is 18.3 Å². The van der Waals surface area contributed by atoms with Gasteiger partial charge in [0.15, 0.2) is 15.4 Å². The minimum absolute atomic E-state index is 0.0479. The van der Waals surface area contributed by atoms with Crippen molar-refractivity contribution in [1.82, 2.24) is 0 Å². The van der Waals surface area contributed by atoms with Crippen molar-refractivity contribution in [3.05, 3.63) is 58.1 Å². The van der Waals surface area contributed by atoms with Crippen LogP contribution in [-0.4, -0.2) is 25.2 Å². The molecule has 0 aliphatic rings. The molecule has 0 aromatic heterocycles. The van der Waals surface area contributed by atoms with Crippen LogP contribution in [-0.2, 0) is 20.2 Å². The van der Waals surface area contributed by atoms with E-state index in [1.54, 1.807) is 24.3 Å². The lowest BCUT2D eigenvalue weighted by Gasteiger charge is -2.28. The highest BCUT2D eigenvalue weighted by Gasteiger charge is 2.35. The number of hydrogen-bond donors (Lipinski definition) is 2. The van der Waals surface area contributed by atoms with Gasteiger partial charge in [-0.15, -0.1) is 0 Å². The van der Waals surface area contributed by atoms with E-state index in [1.807, 2.05) is 0 Å². The van der Waals surface area contributed by atoms with Crippen LogP contribution in [0.2, 0.25) is 10.0 Å². The van der Waals surface area contributed by atoms with Crippen LogP contribution in [0.5, 0.6) is 0 Å². The molecule has 0 spiro atoms. The van der Waals surface area contributed by atoms with Crippen molar-refractivity contribution in [2.75, 3.05) is 11.1 Å². The third kappa shape index (κ3) is 4.08. The Morgan fingerprint density at radius 2 is 1.76 bits per heavy atom. The molecule has 0 aliphatic heterocycles. The summed E-state index contributed by atoms with van der Waals surface area (Å²) in [6.45, 7) is 3.03. The molecule has 0 aliphatic carbocycles. The summed E-state index contributed by atoms with van der Waals surface area (Å²) >= 11 is 12.0. The molecule has 5 nitrogen and oxygen atoms in total. The first kappa shape index (κ1) is 19.6. The molecule has 25 heavy (non-hydrogen) atoms. The van der Waals surface area contributed by atoms with Crippen LogP contribution in [0.3, 0.4) is 0 Å². The Kier molecular flexibility index (Phi) is 5.66. The van der Waals surface area contributed by atoms with Crippen LogP contribution in [0.25, 0.3) is 0 Å². The smallest absolute Gasteiger partial charge is 0.333 e. The van der Waals surface area contributed by atoms with Gasteiger partial charge >= 0.3 is 5.97 Å². The van der Waals surface area contributed by atoms with Gasteiger partial charge in [0.1, 0.15) is 0 Å². The quantitative estimate of drug-likeness (QED) is 0.757. The Balaban J connectivity index is 2.44. The Hall–Kier alpha value is -1.76. The van der Waals surface area contributed by atoms with Crippen LogP contribution in [0, 0.1) is 0 Å². The van der Waals surface area contributed by atoms with E-state index >= 15 is 0 Å². The number of halogens is 2. The van der Waals surface area contributed by atoms with Gasteiger partial charge in [0.25, 0.3) is 0 Å². The molecule has 0 amide bonds. The fraction of sp³-hybridized carbons (Fsp3) is 0.235. The van der Waals surface area contributed by atoms with Crippen molar-refractivity contribution in [3.8, 4) is 0 Å². The van der Waals surface area contributed by atoms with Gasteiger partial charge in [-0.1, -0.05) is 42.3 Å². The molecule has 0 heterocycles. The summed E-state index contributed by atoms with van der Waals surface area (Å²) in [5.74, 6) is -1.16. The number of benzene rings is 2. The molecule has 0 saturated carbocycles. The maximum Gasteiger partial charge on any atom is 0.333 e. The fourth-order valence-electron chi connectivity index (χ4n) is 2.26. The summed E-state index contributed by atoms with van der Waals surface area (Å²) in [4.78, 5) is 12.0. The molecule has 1 atom stereocenters. The van der Waals surface area contributed by atoms with Gasteiger partial charge in [-0.2, -0.15) is 0 Å². The van der Waals surface area contributed by atoms with Gasteiger partial charge in [0, 0.05) is 5.02 Å². The fourth-order valence-corrected chi connectivity index (χ4v) is 3.58. The number of carboxylic acid groups (broad SMARTS) is 1. The predicted molar refractivity (Wildman–Crippen MR) is 99.2 cm³/mol. The number of nitrogens with one attached hydrogen (secondary N) is 1. The first-order chi connectivity index (χ1) is 11.6. The summed E-state index contributed by atoms with van der Waals surface area (Å²) in [6.07, 6.45) is 0. The Labute approximate surface area is 156 Å². The Morgan fingerprint density at radius 3 is 2.24 bits per heavy atom. The van der Waals surface area contributed by atoms with E-state index in [4.69, 9.17) is 23.2 Å². The largest absolute Gasteiger partial charge is 0.479 e. The average Bonchev–Trinajstić information content (AvgIpc) is 2.56. The molecule has 0 fully saturated rings. The van der Waals surface area contributed by atoms with Crippen molar-refractivity contribution in [3.63, 3.8) is 0 Å². The molecule has 2 rings (SSSR count). The molecule has 0 radical (unpaired) electrons. The van der Waals surface area contributed by atoms with E-state index in [0.29, 0.717) is 16.3 Å². The maximum absolute atomic E-state index is 11.9. The van der Waals surface area contributed by atoms with E-state index in [0.717, 1.165) is 0 Å². The van der Waals surface area contributed by atoms with Crippen LogP contribution in [0.15, 0.2) is 47.4 Å². The SMILES string of the molecule is CCS(=O)(=O)c1ccc(NC(C)(C(=O)O)c2ccc(Cl)cc2)c(Cl)c1. The highest BCUT2D eigenvalue weighted by Crippen LogP contribution is 2.33. The number of sulfone groups is 1. The monoisotopic (exact) mass is 401 g/mol. The van der Waals surface area contributed by atoms with Crippen LogP contribution < -0.4 is 5.32 Å². The Morgan fingerprint density at radius 1 is 1.16 bits per heavy atom. The average molecular weight is 402 g/mol. The maximum atomic E-state index is 11.9. The number of carbonyl (C=O) groups is 1. The van der Waals surface area contributed by atoms with Crippen molar-refractivity contribution in [1.29, 1.82) is 0 Å². The summed E-state index contributed by atoms with van der Waals surface area (Å²) < 4.78 is 23.9. The number of hydrogen-bond acceptors (Lipinski definition) is 4. The van der Waals surface area contributed by atoms with E-state index in [-0.39, 0.29) is 15.7 Å². The summed E-state index contributed by atoms with van der Waals surface area (Å²) in [5, 5.41) is 13.2. The molecule has 1 unspecified atom stereocenters. The van der Waals surface area contributed by atoms with Gasteiger partial charge in [0.05, 0.1) is 21.4 Å². The van der Waals surface area contributed by atoms with Crippen LogP contribution >= 0.6 is 23.2 Å². The third-order valence-electron chi connectivity index (χ3n) is 3.91. The Bertz CT molecular complexity index is 897. The van der Waals surface area contributed by atoms with Gasteiger partial charge in [0.2, 0.25) is 0 Å². The summed E-state index contributed by atoms with van der Waals surface area (Å²) in [5.41, 5.74) is -0.679. The number of aliphatic carboxylic acids is 1. The number of rotatable bonds is 6. The molecule has 134 valence electrons. The van der Waals surface area contributed by atoms with Crippen molar-refractivity contribution in [2.24, 2.45) is 0 Å². The van der Waals surface area contributed by atoms with E-state index in [1.165, 1.54) is 32.0 Å². The first-order valence-corrected chi connectivity index (χ1v) is 9.81. The van der Waals surface area contributed by atoms with Crippen molar-refractivity contribution < 1.29 is 18.3 Å². The molecular formula is C17H17Cl2NO4S.